The van der Waals surface area contributed by atoms with E-state index in [0.717, 1.165) is 0 Å². The number of aromatic carboxylic acids is 1. The standard InChI is InChI=1S/C17H20N4O4/c1-17(2,3)25-14(22)7-9-19-13-10-12(16(23)24)20-15(21-13)11-6-4-5-8-18-11/h4-6,8,10H,7,9H2,1-3H3,(H,23,24)(H,19,20,21). The van der Waals surface area contributed by atoms with Crippen molar-refractivity contribution in [1.29, 1.82) is 0 Å². The molecule has 132 valence electrons. The molecule has 2 aromatic rings. The number of anilines is 1. The second kappa shape index (κ2) is 7.69. The van der Waals surface area contributed by atoms with Crippen molar-refractivity contribution in [2.24, 2.45) is 0 Å². The number of carboxylic acid groups (broad SMARTS) is 1. The molecule has 0 amide bonds. The van der Waals surface area contributed by atoms with Gasteiger partial charge in [0, 0.05) is 18.8 Å². The highest BCUT2D eigenvalue weighted by atomic mass is 16.6. The van der Waals surface area contributed by atoms with E-state index in [4.69, 9.17) is 4.74 Å². The summed E-state index contributed by atoms with van der Waals surface area (Å²) in [6, 6.07) is 6.49. The molecule has 2 aromatic heterocycles. The van der Waals surface area contributed by atoms with Gasteiger partial charge in [0.1, 0.15) is 17.1 Å². The third-order valence-electron chi connectivity index (χ3n) is 2.89. The molecule has 0 atom stereocenters. The summed E-state index contributed by atoms with van der Waals surface area (Å²) in [7, 11) is 0. The molecule has 0 aromatic carbocycles. The number of hydrogen-bond acceptors (Lipinski definition) is 7. The van der Waals surface area contributed by atoms with Crippen molar-refractivity contribution in [1.82, 2.24) is 15.0 Å². The Bertz CT molecular complexity index is 757. The van der Waals surface area contributed by atoms with Crippen LogP contribution in [0.1, 0.15) is 37.7 Å². The van der Waals surface area contributed by atoms with E-state index >= 15 is 0 Å². The maximum Gasteiger partial charge on any atom is 0.354 e. The second-order valence-corrected chi connectivity index (χ2v) is 6.25. The molecule has 8 nitrogen and oxygen atoms in total. The number of ether oxygens (including phenoxy) is 1. The molecule has 0 bridgehead atoms. The number of nitrogens with one attached hydrogen (secondary N) is 1. The van der Waals surface area contributed by atoms with Crippen molar-refractivity contribution in [2.45, 2.75) is 32.8 Å². The Balaban J connectivity index is 2.11. The van der Waals surface area contributed by atoms with Crippen LogP contribution in [0.3, 0.4) is 0 Å². The number of hydrogen-bond donors (Lipinski definition) is 2. The van der Waals surface area contributed by atoms with Crippen LogP contribution in [0.25, 0.3) is 11.5 Å². The van der Waals surface area contributed by atoms with Crippen LogP contribution in [0.4, 0.5) is 5.82 Å². The van der Waals surface area contributed by atoms with Gasteiger partial charge in [0.2, 0.25) is 0 Å². The van der Waals surface area contributed by atoms with Gasteiger partial charge in [0.05, 0.1) is 6.42 Å². The fraction of sp³-hybridized carbons (Fsp3) is 0.353. The van der Waals surface area contributed by atoms with Crippen LogP contribution in [0.2, 0.25) is 0 Å². The minimum Gasteiger partial charge on any atom is -0.477 e. The first-order valence-electron chi connectivity index (χ1n) is 7.74. The van der Waals surface area contributed by atoms with E-state index < -0.39 is 11.6 Å². The van der Waals surface area contributed by atoms with Gasteiger partial charge in [0.15, 0.2) is 11.5 Å². The number of rotatable bonds is 6. The third-order valence-corrected chi connectivity index (χ3v) is 2.89. The number of esters is 1. The summed E-state index contributed by atoms with van der Waals surface area (Å²) in [4.78, 5) is 35.3. The summed E-state index contributed by atoms with van der Waals surface area (Å²) in [5.41, 5.74) is -0.245. The lowest BCUT2D eigenvalue weighted by atomic mass is 10.2. The fourth-order valence-electron chi connectivity index (χ4n) is 1.94. The maximum absolute atomic E-state index is 11.7. The number of nitrogens with zero attached hydrogens (tertiary/aromatic N) is 3. The molecular weight excluding hydrogens is 324 g/mol. The quantitative estimate of drug-likeness (QED) is 0.768. The number of pyridine rings is 1. The first-order valence-corrected chi connectivity index (χ1v) is 7.74. The van der Waals surface area contributed by atoms with E-state index in [-0.39, 0.29) is 30.5 Å². The molecule has 0 aliphatic carbocycles. The fourth-order valence-corrected chi connectivity index (χ4v) is 1.94. The number of carbonyl (C=O) groups is 2. The monoisotopic (exact) mass is 344 g/mol. The summed E-state index contributed by atoms with van der Waals surface area (Å²) in [6.45, 7) is 5.63. The van der Waals surface area contributed by atoms with Gasteiger partial charge in [-0.25, -0.2) is 14.8 Å². The van der Waals surface area contributed by atoms with Crippen LogP contribution < -0.4 is 5.32 Å². The average Bonchev–Trinajstić information content (AvgIpc) is 2.53. The van der Waals surface area contributed by atoms with E-state index in [2.05, 4.69) is 20.3 Å². The predicted molar refractivity (Wildman–Crippen MR) is 91.2 cm³/mol. The van der Waals surface area contributed by atoms with Gasteiger partial charge in [0.25, 0.3) is 0 Å². The van der Waals surface area contributed by atoms with Gasteiger partial charge in [-0.1, -0.05) is 6.07 Å². The SMILES string of the molecule is CC(C)(C)OC(=O)CCNc1cc(C(=O)O)nc(-c2ccccn2)n1. The Morgan fingerprint density at radius 1 is 1.24 bits per heavy atom. The lowest BCUT2D eigenvalue weighted by Crippen LogP contribution is -2.25. The topological polar surface area (TPSA) is 114 Å². The molecule has 2 rings (SSSR count). The first-order chi connectivity index (χ1) is 11.7. The summed E-state index contributed by atoms with van der Waals surface area (Å²) in [5.74, 6) is -1.02. The molecule has 0 spiro atoms. The van der Waals surface area contributed by atoms with Gasteiger partial charge in [-0.2, -0.15) is 0 Å². The van der Waals surface area contributed by atoms with Crippen LogP contribution in [-0.2, 0) is 9.53 Å². The molecule has 0 unspecified atom stereocenters. The minimum absolute atomic E-state index is 0.128. The van der Waals surface area contributed by atoms with Crippen molar-refractivity contribution in [3.63, 3.8) is 0 Å². The normalized spacial score (nSPS) is 11.0. The molecule has 2 heterocycles. The molecule has 2 N–H and O–H groups in total. The first kappa shape index (κ1) is 18.3. The second-order valence-electron chi connectivity index (χ2n) is 6.25. The highest BCUT2D eigenvalue weighted by Crippen LogP contribution is 2.16. The van der Waals surface area contributed by atoms with E-state index in [1.807, 2.05) is 0 Å². The maximum atomic E-state index is 11.7. The van der Waals surface area contributed by atoms with Gasteiger partial charge in [-0.05, 0) is 32.9 Å². The van der Waals surface area contributed by atoms with Crippen LogP contribution in [0, 0.1) is 0 Å². The largest absolute Gasteiger partial charge is 0.477 e. The Labute approximate surface area is 145 Å². The van der Waals surface area contributed by atoms with E-state index in [9.17, 15) is 14.7 Å². The Morgan fingerprint density at radius 3 is 2.60 bits per heavy atom. The highest BCUT2D eigenvalue weighted by Gasteiger charge is 2.16. The Morgan fingerprint density at radius 2 is 2.00 bits per heavy atom. The molecule has 0 aliphatic rings. The molecule has 0 aliphatic heterocycles. The molecule has 0 saturated carbocycles. The van der Waals surface area contributed by atoms with Gasteiger partial charge >= 0.3 is 11.9 Å². The average molecular weight is 344 g/mol. The summed E-state index contributed by atoms with van der Waals surface area (Å²) < 4.78 is 5.21. The lowest BCUT2D eigenvalue weighted by molar-refractivity contribution is -0.154. The molecule has 0 radical (unpaired) electrons. The number of carboxylic acids is 1. The smallest absolute Gasteiger partial charge is 0.354 e. The molecule has 0 saturated heterocycles. The predicted octanol–water partition coefficient (Wildman–Crippen LogP) is 2.38. The number of aromatic nitrogens is 3. The van der Waals surface area contributed by atoms with Crippen LogP contribution in [0.5, 0.6) is 0 Å². The zero-order valence-electron chi connectivity index (χ0n) is 14.3. The van der Waals surface area contributed by atoms with Crippen LogP contribution >= 0.6 is 0 Å². The van der Waals surface area contributed by atoms with Gasteiger partial charge in [-0.3, -0.25) is 9.78 Å². The van der Waals surface area contributed by atoms with Gasteiger partial charge < -0.3 is 15.2 Å². The van der Waals surface area contributed by atoms with Crippen molar-refractivity contribution in [3.05, 3.63) is 36.2 Å². The number of carbonyl (C=O) groups excluding carboxylic acids is 1. The van der Waals surface area contributed by atoms with Crippen molar-refractivity contribution < 1.29 is 19.4 Å². The summed E-state index contributed by atoms with van der Waals surface area (Å²) in [5, 5.41) is 12.1. The molecule has 0 fully saturated rings. The molecule has 8 heteroatoms. The molecule has 25 heavy (non-hydrogen) atoms. The van der Waals surface area contributed by atoms with Crippen molar-refractivity contribution in [3.8, 4) is 11.5 Å². The van der Waals surface area contributed by atoms with Crippen molar-refractivity contribution >= 4 is 17.8 Å². The van der Waals surface area contributed by atoms with E-state index in [0.29, 0.717) is 11.5 Å². The Hall–Kier alpha value is -3.03. The minimum atomic E-state index is -1.17. The highest BCUT2D eigenvalue weighted by molar-refractivity contribution is 5.86. The van der Waals surface area contributed by atoms with Crippen molar-refractivity contribution in [2.75, 3.05) is 11.9 Å². The van der Waals surface area contributed by atoms with Crippen LogP contribution in [-0.4, -0.2) is 44.1 Å². The zero-order chi connectivity index (χ0) is 18.4. The lowest BCUT2D eigenvalue weighted by Gasteiger charge is -2.19. The Kier molecular flexibility index (Phi) is 5.63. The van der Waals surface area contributed by atoms with Crippen LogP contribution in [0.15, 0.2) is 30.5 Å². The van der Waals surface area contributed by atoms with E-state index in [1.165, 1.54) is 6.07 Å². The van der Waals surface area contributed by atoms with Gasteiger partial charge in [-0.15, -0.1) is 0 Å². The molecular formula is C17H20N4O4. The van der Waals surface area contributed by atoms with E-state index in [1.54, 1.807) is 45.2 Å². The zero-order valence-corrected chi connectivity index (χ0v) is 14.3. The third kappa shape index (κ3) is 5.83. The summed E-state index contributed by atoms with van der Waals surface area (Å²) >= 11 is 0. The summed E-state index contributed by atoms with van der Waals surface area (Å²) in [6.07, 6.45) is 1.70.